The topological polar surface area (TPSA) is 12.4 Å². The lowest BCUT2D eigenvalue weighted by atomic mass is 9.58. The number of nitrogens with zero attached hydrogens (tertiary/aromatic N) is 1. The van der Waals surface area contributed by atoms with Crippen molar-refractivity contribution in [2.24, 2.45) is 4.90 Å². The molecule has 1 nitrogen and oxygen atoms in total. The second kappa shape index (κ2) is 7.26. The first-order chi connectivity index (χ1) is 7.81. The molecule has 2 heteroatoms. The Morgan fingerprint density at radius 1 is 1.06 bits per heavy atom. The minimum absolute atomic E-state index is 0.488. The fraction of sp³-hybridized carbons (Fsp3) is 0.500. The van der Waals surface area contributed by atoms with Crippen LogP contribution in [0.4, 0.5) is 0 Å². The zero-order chi connectivity index (χ0) is 11.8. The summed E-state index contributed by atoms with van der Waals surface area (Å²) in [5.74, 6) is 0. The Balaban J connectivity index is 2.90. The first kappa shape index (κ1) is 13.0. The predicted octanol–water partition coefficient (Wildman–Crippen LogP) is 4.31. The standard InChI is InChI=1S/C14H22BN/c1-4-10-14(16-15(5-2)6-3)13-11-8-7-9-12-13/h7-9,11-12H,4-6,10H2,1-3H3/b16-14+. The average molecular weight is 215 g/mol. The van der Waals surface area contributed by atoms with Gasteiger partial charge in [-0.3, -0.25) is 0 Å². The van der Waals surface area contributed by atoms with Gasteiger partial charge in [0.05, 0.1) is 0 Å². The molecule has 0 heterocycles. The van der Waals surface area contributed by atoms with Crippen molar-refractivity contribution in [1.82, 2.24) is 0 Å². The summed E-state index contributed by atoms with van der Waals surface area (Å²) in [4.78, 5) is 4.89. The summed E-state index contributed by atoms with van der Waals surface area (Å²) in [6, 6.07) is 10.6. The van der Waals surface area contributed by atoms with Gasteiger partial charge in [0.1, 0.15) is 0 Å². The lowest BCUT2D eigenvalue weighted by Crippen LogP contribution is -2.12. The molecular weight excluding hydrogens is 193 g/mol. The quantitative estimate of drug-likeness (QED) is 0.495. The molecule has 1 aromatic rings. The molecule has 0 aliphatic rings. The fourth-order valence-corrected chi connectivity index (χ4v) is 1.84. The summed E-state index contributed by atoms with van der Waals surface area (Å²) in [6.07, 6.45) is 4.52. The molecule has 0 fully saturated rings. The van der Waals surface area contributed by atoms with Gasteiger partial charge >= 0.3 is 0 Å². The van der Waals surface area contributed by atoms with Crippen LogP contribution in [-0.4, -0.2) is 12.6 Å². The van der Waals surface area contributed by atoms with Crippen molar-refractivity contribution in [1.29, 1.82) is 0 Å². The molecule has 0 aliphatic carbocycles. The Labute approximate surface area is 100 Å². The zero-order valence-corrected chi connectivity index (χ0v) is 10.7. The van der Waals surface area contributed by atoms with Crippen LogP contribution in [0.2, 0.25) is 12.6 Å². The first-order valence-electron chi connectivity index (χ1n) is 6.43. The van der Waals surface area contributed by atoms with E-state index in [2.05, 4.69) is 51.1 Å². The second-order valence-corrected chi connectivity index (χ2v) is 4.16. The Bertz CT molecular complexity index is 315. The summed E-state index contributed by atoms with van der Waals surface area (Å²) in [6.45, 7) is 7.13. The van der Waals surface area contributed by atoms with Crippen molar-refractivity contribution in [3.8, 4) is 0 Å². The van der Waals surface area contributed by atoms with Gasteiger partial charge in [0, 0.05) is 5.71 Å². The normalized spacial score (nSPS) is 11.6. The molecular formula is C14H22BN. The third kappa shape index (κ3) is 3.84. The van der Waals surface area contributed by atoms with E-state index in [-0.39, 0.29) is 0 Å². The largest absolute Gasteiger partial charge is 0.345 e. The lowest BCUT2D eigenvalue weighted by Gasteiger charge is -2.09. The average Bonchev–Trinajstić information content (AvgIpc) is 2.35. The van der Waals surface area contributed by atoms with E-state index in [0.717, 1.165) is 25.5 Å². The van der Waals surface area contributed by atoms with Crippen LogP contribution >= 0.6 is 0 Å². The maximum atomic E-state index is 4.89. The van der Waals surface area contributed by atoms with E-state index in [4.69, 9.17) is 4.90 Å². The molecule has 0 bridgehead atoms. The van der Waals surface area contributed by atoms with Gasteiger partial charge in [-0.05, 0) is 12.0 Å². The summed E-state index contributed by atoms with van der Waals surface area (Å²) >= 11 is 0. The highest BCUT2D eigenvalue weighted by Gasteiger charge is 2.09. The third-order valence-electron chi connectivity index (χ3n) is 2.87. The minimum atomic E-state index is 0.488. The Morgan fingerprint density at radius 2 is 1.69 bits per heavy atom. The summed E-state index contributed by atoms with van der Waals surface area (Å²) in [5.41, 5.74) is 2.56. The van der Waals surface area contributed by atoms with Crippen LogP contribution in [0.3, 0.4) is 0 Å². The van der Waals surface area contributed by atoms with Crippen molar-refractivity contribution in [2.75, 3.05) is 0 Å². The van der Waals surface area contributed by atoms with Crippen LogP contribution in [0, 0.1) is 0 Å². The van der Waals surface area contributed by atoms with Crippen molar-refractivity contribution < 1.29 is 0 Å². The molecule has 0 radical (unpaired) electrons. The monoisotopic (exact) mass is 215 g/mol. The molecule has 0 atom stereocenters. The van der Waals surface area contributed by atoms with Gasteiger partial charge in [0.25, 0.3) is 6.85 Å². The van der Waals surface area contributed by atoms with E-state index in [1.165, 1.54) is 11.3 Å². The van der Waals surface area contributed by atoms with Gasteiger partial charge in [-0.15, -0.1) is 0 Å². The summed E-state index contributed by atoms with van der Waals surface area (Å²) in [7, 11) is 0. The summed E-state index contributed by atoms with van der Waals surface area (Å²) < 4.78 is 0. The van der Waals surface area contributed by atoms with E-state index >= 15 is 0 Å². The highest BCUT2D eigenvalue weighted by molar-refractivity contribution is 6.58. The number of benzene rings is 1. The van der Waals surface area contributed by atoms with Crippen LogP contribution in [0.25, 0.3) is 0 Å². The van der Waals surface area contributed by atoms with Gasteiger partial charge < -0.3 is 4.90 Å². The van der Waals surface area contributed by atoms with Gasteiger partial charge in [-0.25, -0.2) is 0 Å². The first-order valence-corrected chi connectivity index (χ1v) is 6.43. The SMILES string of the molecule is CCC/C(=N\B(CC)CC)c1ccccc1. The van der Waals surface area contributed by atoms with Crippen LogP contribution < -0.4 is 0 Å². The van der Waals surface area contributed by atoms with Crippen molar-refractivity contribution in [3.05, 3.63) is 35.9 Å². The molecule has 0 N–H and O–H groups in total. The molecule has 1 aromatic carbocycles. The van der Waals surface area contributed by atoms with Crippen molar-refractivity contribution >= 4 is 12.6 Å². The second-order valence-electron chi connectivity index (χ2n) is 4.16. The molecule has 0 saturated carbocycles. The maximum Gasteiger partial charge on any atom is 0.279 e. The Morgan fingerprint density at radius 3 is 2.19 bits per heavy atom. The van der Waals surface area contributed by atoms with Gasteiger partial charge in [0.2, 0.25) is 0 Å². The van der Waals surface area contributed by atoms with E-state index in [1.807, 2.05) is 0 Å². The lowest BCUT2D eigenvalue weighted by molar-refractivity contribution is 0.993. The van der Waals surface area contributed by atoms with Gasteiger partial charge in [-0.2, -0.15) is 0 Å². The molecule has 16 heavy (non-hydrogen) atoms. The molecule has 0 spiro atoms. The number of hydrogen-bond acceptors (Lipinski definition) is 1. The molecule has 0 aliphatic heterocycles. The van der Waals surface area contributed by atoms with E-state index < -0.39 is 0 Å². The van der Waals surface area contributed by atoms with Crippen LogP contribution in [0.15, 0.2) is 35.2 Å². The number of rotatable bonds is 6. The van der Waals surface area contributed by atoms with E-state index in [0.29, 0.717) is 6.85 Å². The fourth-order valence-electron chi connectivity index (χ4n) is 1.84. The predicted molar refractivity (Wildman–Crippen MR) is 74.6 cm³/mol. The van der Waals surface area contributed by atoms with Crippen LogP contribution in [0.5, 0.6) is 0 Å². The molecule has 0 saturated heterocycles. The maximum absolute atomic E-state index is 4.89. The molecule has 86 valence electrons. The third-order valence-corrected chi connectivity index (χ3v) is 2.87. The summed E-state index contributed by atoms with van der Waals surface area (Å²) in [5, 5.41) is 0. The van der Waals surface area contributed by atoms with E-state index in [9.17, 15) is 0 Å². The van der Waals surface area contributed by atoms with Crippen LogP contribution in [-0.2, 0) is 0 Å². The Hall–Kier alpha value is -1.05. The molecule has 0 aromatic heterocycles. The highest BCUT2D eigenvalue weighted by Crippen LogP contribution is 2.10. The Kier molecular flexibility index (Phi) is 5.91. The van der Waals surface area contributed by atoms with Crippen LogP contribution in [0.1, 0.15) is 39.2 Å². The minimum Gasteiger partial charge on any atom is -0.345 e. The smallest absolute Gasteiger partial charge is 0.279 e. The molecule has 0 unspecified atom stereocenters. The van der Waals surface area contributed by atoms with E-state index in [1.54, 1.807) is 0 Å². The van der Waals surface area contributed by atoms with Gasteiger partial charge in [-0.1, -0.05) is 70.2 Å². The molecule has 0 amide bonds. The molecule has 1 rings (SSSR count). The zero-order valence-electron chi connectivity index (χ0n) is 10.7. The van der Waals surface area contributed by atoms with Crippen molar-refractivity contribution in [2.45, 2.75) is 46.3 Å². The van der Waals surface area contributed by atoms with Gasteiger partial charge in [0.15, 0.2) is 0 Å². The number of hydrogen-bond donors (Lipinski definition) is 0. The van der Waals surface area contributed by atoms with Crippen molar-refractivity contribution in [3.63, 3.8) is 0 Å². The highest BCUT2D eigenvalue weighted by atomic mass is 14.6.